The fourth-order valence-corrected chi connectivity index (χ4v) is 3.87. The number of amidine groups is 1. The number of nitrogens with one attached hydrogen (secondary N) is 3. The summed E-state index contributed by atoms with van der Waals surface area (Å²) in [5.41, 5.74) is 4.85. The van der Waals surface area contributed by atoms with Gasteiger partial charge in [0.15, 0.2) is 5.84 Å². The largest absolute Gasteiger partial charge is 0.372 e. The highest BCUT2D eigenvalue weighted by Gasteiger charge is 2.16. The minimum Gasteiger partial charge on any atom is -0.372 e. The van der Waals surface area contributed by atoms with Gasteiger partial charge in [-0.05, 0) is 43.0 Å². The Bertz CT molecular complexity index is 1340. The third-order valence-corrected chi connectivity index (χ3v) is 5.68. The lowest BCUT2D eigenvalue weighted by molar-refractivity contribution is 0.0945. The lowest BCUT2D eigenvalue weighted by Crippen LogP contribution is -2.23. The van der Waals surface area contributed by atoms with Crippen LogP contribution in [0.5, 0.6) is 0 Å². The van der Waals surface area contributed by atoms with Crippen LogP contribution in [0, 0.1) is 5.41 Å². The summed E-state index contributed by atoms with van der Waals surface area (Å²) < 4.78 is 3.71. The number of hydrogen-bond donors (Lipinski definition) is 3. The maximum absolute atomic E-state index is 12.8. The van der Waals surface area contributed by atoms with Crippen LogP contribution in [0.15, 0.2) is 72.0 Å². The highest BCUT2D eigenvalue weighted by Crippen LogP contribution is 2.21. The Balaban J connectivity index is 1.43. The molecule has 9 heteroatoms. The van der Waals surface area contributed by atoms with E-state index in [0.29, 0.717) is 30.3 Å². The molecule has 0 fully saturated rings. The molecule has 0 aliphatic carbocycles. The van der Waals surface area contributed by atoms with Crippen LogP contribution >= 0.6 is 0 Å². The van der Waals surface area contributed by atoms with Crippen LogP contribution in [0.25, 0.3) is 5.69 Å². The van der Waals surface area contributed by atoms with Gasteiger partial charge in [-0.2, -0.15) is 5.10 Å². The standard InChI is InChI=1S/C26H28N8O/c1-4-34-21(14-18-8-6-5-7-9-18)15-22(32-34)26(35)30-16-19-10-12-20(13-11-19)33-17-31-23(24(27)28-2)25(33)29-3/h5-13,15,17,27,29H,2,4,14,16H2,1,3H3,(H,30,35). The number of carbonyl (C=O) groups is 1. The molecule has 0 atom stereocenters. The first kappa shape index (κ1) is 23.6. The molecule has 0 spiro atoms. The molecule has 3 N–H and O–H groups in total. The number of imidazole rings is 1. The van der Waals surface area contributed by atoms with Crippen molar-refractivity contribution in [3.8, 4) is 5.69 Å². The Hall–Kier alpha value is -4.53. The van der Waals surface area contributed by atoms with Crippen molar-refractivity contribution in [3.05, 3.63) is 95.2 Å². The van der Waals surface area contributed by atoms with Gasteiger partial charge >= 0.3 is 0 Å². The van der Waals surface area contributed by atoms with Crippen molar-refractivity contribution in [3.63, 3.8) is 0 Å². The number of aromatic nitrogens is 4. The number of carbonyl (C=O) groups excluding carboxylic acids is 1. The Kier molecular flexibility index (Phi) is 7.15. The lowest BCUT2D eigenvalue weighted by Gasteiger charge is -2.10. The molecule has 0 aliphatic rings. The molecule has 4 rings (SSSR count). The summed E-state index contributed by atoms with van der Waals surface area (Å²) >= 11 is 0. The summed E-state index contributed by atoms with van der Waals surface area (Å²) in [4.78, 5) is 20.7. The number of amides is 1. The first-order valence-corrected chi connectivity index (χ1v) is 11.3. The minimum atomic E-state index is -0.206. The molecule has 1 amide bonds. The van der Waals surface area contributed by atoms with Crippen molar-refractivity contribution in [2.45, 2.75) is 26.4 Å². The predicted molar refractivity (Wildman–Crippen MR) is 138 cm³/mol. The fraction of sp³-hybridized carbons (Fsp3) is 0.192. The number of aliphatic imine (C=N–C) groups is 1. The zero-order chi connectivity index (χ0) is 24.8. The van der Waals surface area contributed by atoms with Gasteiger partial charge in [0.25, 0.3) is 5.91 Å². The van der Waals surface area contributed by atoms with E-state index < -0.39 is 0 Å². The summed E-state index contributed by atoms with van der Waals surface area (Å²) in [6.07, 6.45) is 2.36. The van der Waals surface area contributed by atoms with Gasteiger partial charge in [0.05, 0.1) is 0 Å². The number of anilines is 1. The van der Waals surface area contributed by atoms with Gasteiger partial charge in [-0.1, -0.05) is 42.5 Å². The molecule has 2 heterocycles. The Morgan fingerprint density at radius 1 is 1.11 bits per heavy atom. The average molecular weight is 469 g/mol. The molecule has 178 valence electrons. The van der Waals surface area contributed by atoms with Crippen LogP contribution in [0.4, 0.5) is 5.82 Å². The van der Waals surface area contributed by atoms with Crippen LogP contribution in [-0.4, -0.2) is 44.8 Å². The van der Waals surface area contributed by atoms with Crippen molar-refractivity contribution >= 4 is 24.3 Å². The number of nitrogens with zero attached hydrogens (tertiary/aromatic N) is 5. The smallest absolute Gasteiger partial charge is 0.272 e. The summed E-state index contributed by atoms with van der Waals surface area (Å²) in [6.45, 7) is 6.50. The van der Waals surface area contributed by atoms with E-state index >= 15 is 0 Å². The van der Waals surface area contributed by atoms with Crippen molar-refractivity contribution in [2.75, 3.05) is 12.4 Å². The van der Waals surface area contributed by atoms with E-state index in [1.807, 2.05) is 64.7 Å². The van der Waals surface area contributed by atoms with Gasteiger partial charge in [0, 0.05) is 37.9 Å². The van der Waals surface area contributed by atoms with Crippen molar-refractivity contribution in [1.82, 2.24) is 24.6 Å². The SMILES string of the molecule is C=NC(=N)c1ncn(-c2ccc(CNC(=O)c3cc(Cc4ccccc4)n(CC)n3)cc2)c1NC. The van der Waals surface area contributed by atoms with Crippen molar-refractivity contribution < 1.29 is 4.79 Å². The summed E-state index contributed by atoms with van der Waals surface area (Å²) in [5.74, 6) is 0.453. The van der Waals surface area contributed by atoms with Gasteiger partial charge in [0.1, 0.15) is 23.5 Å². The molecular formula is C26H28N8O. The fourth-order valence-electron chi connectivity index (χ4n) is 3.87. The first-order valence-electron chi connectivity index (χ1n) is 11.3. The Morgan fingerprint density at radius 3 is 2.51 bits per heavy atom. The second-order valence-electron chi connectivity index (χ2n) is 7.92. The summed E-state index contributed by atoms with van der Waals surface area (Å²) in [5, 5.41) is 18.4. The van der Waals surface area contributed by atoms with E-state index in [4.69, 9.17) is 5.41 Å². The van der Waals surface area contributed by atoms with E-state index in [1.165, 1.54) is 5.56 Å². The molecule has 0 aliphatic heterocycles. The maximum atomic E-state index is 12.8. The molecular weight excluding hydrogens is 440 g/mol. The number of hydrogen-bond acceptors (Lipinski definition) is 5. The van der Waals surface area contributed by atoms with Crippen molar-refractivity contribution in [2.24, 2.45) is 4.99 Å². The van der Waals surface area contributed by atoms with Gasteiger partial charge in [0.2, 0.25) is 0 Å². The van der Waals surface area contributed by atoms with E-state index in [9.17, 15) is 4.79 Å². The average Bonchev–Trinajstić information content (AvgIpc) is 3.52. The van der Waals surface area contributed by atoms with Crippen LogP contribution < -0.4 is 10.6 Å². The summed E-state index contributed by atoms with van der Waals surface area (Å²) in [6, 6.07) is 19.8. The normalized spacial score (nSPS) is 10.7. The van der Waals surface area contributed by atoms with Crippen LogP contribution in [-0.2, 0) is 19.5 Å². The molecule has 4 aromatic rings. The topological polar surface area (TPSA) is 113 Å². The predicted octanol–water partition coefficient (Wildman–Crippen LogP) is 3.68. The third-order valence-electron chi connectivity index (χ3n) is 5.68. The molecule has 35 heavy (non-hydrogen) atoms. The monoisotopic (exact) mass is 468 g/mol. The van der Waals surface area contributed by atoms with Crippen LogP contribution in [0.1, 0.15) is 39.9 Å². The molecule has 9 nitrogen and oxygen atoms in total. The Morgan fingerprint density at radius 2 is 1.86 bits per heavy atom. The maximum Gasteiger partial charge on any atom is 0.272 e. The van der Waals surface area contributed by atoms with Gasteiger partial charge < -0.3 is 10.6 Å². The second-order valence-corrected chi connectivity index (χ2v) is 7.92. The second kappa shape index (κ2) is 10.6. The third kappa shape index (κ3) is 5.19. The number of rotatable bonds is 9. The highest BCUT2D eigenvalue weighted by atomic mass is 16.1. The van der Waals surface area contributed by atoms with E-state index in [2.05, 4.69) is 44.6 Å². The highest BCUT2D eigenvalue weighted by molar-refractivity contribution is 6.01. The lowest BCUT2D eigenvalue weighted by atomic mass is 10.1. The first-order chi connectivity index (χ1) is 17.0. The zero-order valence-electron chi connectivity index (χ0n) is 19.8. The molecule has 0 saturated carbocycles. The molecule has 0 bridgehead atoms. The van der Waals surface area contributed by atoms with Crippen LogP contribution in [0.3, 0.4) is 0 Å². The van der Waals surface area contributed by atoms with Crippen LogP contribution in [0.2, 0.25) is 0 Å². The molecule has 0 unspecified atom stereocenters. The van der Waals surface area contributed by atoms with E-state index in [-0.39, 0.29) is 11.7 Å². The van der Waals surface area contributed by atoms with E-state index in [1.54, 1.807) is 13.4 Å². The molecule has 2 aromatic heterocycles. The Labute approximate surface area is 204 Å². The molecule has 2 aromatic carbocycles. The zero-order valence-corrected chi connectivity index (χ0v) is 19.8. The quantitative estimate of drug-likeness (QED) is 0.257. The molecule has 0 radical (unpaired) electrons. The van der Waals surface area contributed by atoms with Crippen molar-refractivity contribution in [1.29, 1.82) is 5.41 Å². The van der Waals surface area contributed by atoms with E-state index in [0.717, 1.165) is 23.4 Å². The number of aryl methyl sites for hydroxylation is 1. The number of benzene rings is 2. The van der Waals surface area contributed by atoms with Gasteiger partial charge in [-0.15, -0.1) is 0 Å². The van der Waals surface area contributed by atoms with Gasteiger partial charge in [-0.3, -0.25) is 19.5 Å². The summed E-state index contributed by atoms with van der Waals surface area (Å²) in [7, 11) is 1.77. The minimum absolute atomic E-state index is 0.00451. The van der Waals surface area contributed by atoms with Gasteiger partial charge in [-0.25, -0.2) is 9.98 Å². The molecule has 0 saturated heterocycles.